The molecule has 0 bridgehead atoms. The molecule has 0 saturated heterocycles. The summed E-state index contributed by atoms with van der Waals surface area (Å²) in [6.07, 6.45) is 0. The van der Waals surface area contributed by atoms with Gasteiger partial charge in [-0.1, -0.05) is 48.0 Å². The number of hydrogen-bond acceptors (Lipinski definition) is 4. The lowest BCUT2D eigenvalue weighted by molar-refractivity contribution is -0.113. The number of hydrogen-bond donors (Lipinski definition) is 1. The lowest BCUT2D eigenvalue weighted by Gasteiger charge is -2.14. The summed E-state index contributed by atoms with van der Waals surface area (Å²) < 4.78 is 30.8. The van der Waals surface area contributed by atoms with Gasteiger partial charge in [0.2, 0.25) is 5.91 Å². The molecule has 29 heavy (non-hydrogen) atoms. The van der Waals surface area contributed by atoms with Crippen molar-refractivity contribution in [2.75, 3.05) is 11.1 Å². The number of anilines is 1. The smallest absolute Gasteiger partial charge is 0.240 e. The maximum atomic E-state index is 12.5. The summed E-state index contributed by atoms with van der Waals surface area (Å²) in [6.45, 7) is 2.24. The normalized spacial score (nSPS) is 11.1. The summed E-state index contributed by atoms with van der Waals surface area (Å²) in [5.41, 5.74) is 2.36. The van der Waals surface area contributed by atoms with E-state index < -0.39 is 21.5 Å². The number of ether oxygens (including phenoxy) is 1. The van der Waals surface area contributed by atoms with Gasteiger partial charge in [-0.25, -0.2) is 8.42 Å². The predicted molar refractivity (Wildman–Crippen MR) is 114 cm³/mol. The molecule has 0 unspecified atom stereocenters. The van der Waals surface area contributed by atoms with Gasteiger partial charge in [0.1, 0.15) is 18.1 Å². The van der Waals surface area contributed by atoms with Crippen LogP contribution in [0, 0.1) is 6.92 Å². The standard InChI is InChI=1S/C22H20ClNO4S/c1-16-7-12-20(21(13-16)28-14-17-5-3-2-4-6-17)24-22(25)15-29(26,27)19-10-8-18(23)9-11-19/h2-13H,14-15H2,1H3,(H,24,25). The summed E-state index contributed by atoms with van der Waals surface area (Å²) in [5, 5.41) is 3.07. The van der Waals surface area contributed by atoms with Crippen molar-refractivity contribution >= 4 is 33.0 Å². The molecule has 0 saturated carbocycles. The van der Waals surface area contributed by atoms with Crippen LogP contribution in [-0.2, 0) is 21.2 Å². The molecule has 3 aromatic carbocycles. The number of benzene rings is 3. The van der Waals surface area contributed by atoms with Crippen LogP contribution in [-0.4, -0.2) is 20.1 Å². The number of carbonyl (C=O) groups is 1. The largest absolute Gasteiger partial charge is 0.487 e. The molecule has 0 aliphatic heterocycles. The first kappa shape index (κ1) is 20.9. The Labute approximate surface area is 175 Å². The molecule has 1 N–H and O–H groups in total. The molecule has 0 radical (unpaired) electrons. The molecule has 0 atom stereocenters. The number of halogens is 1. The van der Waals surface area contributed by atoms with E-state index in [1.165, 1.54) is 24.3 Å². The minimum absolute atomic E-state index is 0.0431. The van der Waals surface area contributed by atoms with E-state index in [2.05, 4.69) is 5.32 Å². The third-order valence-electron chi connectivity index (χ3n) is 4.14. The Balaban J connectivity index is 1.72. The molecular weight excluding hydrogens is 410 g/mol. The number of nitrogens with one attached hydrogen (secondary N) is 1. The molecule has 0 fully saturated rings. The van der Waals surface area contributed by atoms with Gasteiger partial charge in [0.25, 0.3) is 0 Å². The zero-order chi connectivity index (χ0) is 20.9. The first-order valence-electron chi connectivity index (χ1n) is 8.89. The second-order valence-electron chi connectivity index (χ2n) is 6.54. The average Bonchev–Trinajstić information content (AvgIpc) is 2.69. The van der Waals surface area contributed by atoms with Gasteiger partial charge in [-0.05, 0) is 54.4 Å². The van der Waals surface area contributed by atoms with Crippen LogP contribution >= 0.6 is 11.6 Å². The second-order valence-corrected chi connectivity index (χ2v) is 8.96. The van der Waals surface area contributed by atoms with E-state index in [9.17, 15) is 13.2 Å². The van der Waals surface area contributed by atoms with Crippen molar-refractivity contribution in [1.82, 2.24) is 0 Å². The van der Waals surface area contributed by atoms with Gasteiger partial charge >= 0.3 is 0 Å². The Morgan fingerprint density at radius 1 is 1.00 bits per heavy atom. The number of carbonyl (C=O) groups excluding carboxylic acids is 1. The van der Waals surface area contributed by atoms with E-state index in [4.69, 9.17) is 16.3 Å². The average molecular weight is 430 g/mol. The number of amides is 1. The molecule has 0 heterocycles. The molecule has 150 valence electrons. The molecule has 3 rings (SSSR count). The number of aryl methyl sites for hydroxylation is 1. The van der Waals surface area contributed by atoms with Crippen LogP contribution in [0.25, 0.3) is 0 Å². The van der Waals surface area contributed by atoms with E-state index in [1.54, 1.807) is 12.1 Å². The predicted octanol–water partition coefficient (Wildman–Crippen LogP) is 4.64. The first-order valence-corrected chi connectivity index (χ1v) is 10.9. The Morgan fingerprint density at radius 3 is 2.38 bits per heavy atom. The zero-order valence-corrected chi connectivity index (χ0v) is 17.3. The van der Waals surface area contributed by atoms with Gasteiger partial charge < -0.3 is 10.1 Å². The van der Waals surface area contributed by atoms with E-state index in [-0.39, 0.29) is 4.90 Å². The lowest BCUT2D eigenvalue weighted by Crippen LogP contribution is -2.23. The third-order valence-corrected chi connectivity index (χ3v) is 6.03. The van der Waals surface area contributed by atoms with E-state index >= 15 is 0 Å². The third kappa shape index (κ3) is 5.82. The van der Waals surface area contributed by atoms with E-state index in [0.29, 0.717) is 23.1 Å². The highest BCUT2D eigenvalue weighted by Crippen LogP contribution is 2.27. The summed E-state index contributed by atoms with van der Waals surface area (Å²) >= 11 is 5.79. The van der Waals surface area contributed by atoms with Gasteiger partial charge in [0.15, 0.2) is 9.84 Å². The molecule has 0 aromatic heterocycles. The molecule has 0 spiro atoms. The van der Waals surface area contributed by atoms with Crippen molar-refractivity contribution in [2.45, 2.75) is 18.4 Å². The van der Waals surface area contributed by atoms with E-state index in [0.717, 1.165) is 11.1 Å². The van der Waals surface area contributed by atoms with Crippen LogP contribution in [0.15, 0.2) is 77.7 Å². The van der Waals surface area contributed by atoms with Crippen LogP contribution in [0.4, 0.5) is 5.69 Å². The highest BCUT2D eigenvalue weighted by atomic mass is 35.5. The molecule has 3 aromatic rings. The van der Waals surface area contributed by atoms with Gasteiger partial charge in [-0.3, -0.25) is 4.79 Å². The Morgan fingerprint density at radius 2 is 1.69 bits per heavy atom. The van der Waals surface area contributed by atoms with Gasteiger partial charge in [-0.2, -0.15) is 0 Å². The van der Waals surface area contributed by atoms with Crippen molar-refractivity contribution < 1.29 is 17.9 Å². The van der Waals surface area contributed by atoms with Crippen molar-refractivity contribution in [3.05, 3.63) is 88.9 Å². The van der Waals surface area contributed by atoms with Gasteiger partial charge in [-0.15, -0.1) is 0 Å². The highest BCUT2D eigenvalue weighted by molar-refractivity contribution is 7.92. The summed E-state index contributed by atoms with van der Waals surface area (Å²) in [7, 11) is -3.78. The van der Waals surface area contributed by atoms with Crippen molar-refractivity contribution in [3.8, 4) is 5.75 Å². The highest BCUT2D eigenvalue weighted by Gasteiger charge is 2.20. The fourth-order valence-corrected chi connectivity index (χ4v) is 3.93. The quantitative estimate of drug-likeness (QED) is 0.593. The van der Waals surface area contributed by atoms with Crippen LogP contribution in [0.5, 0.6) is 5.75 Å². The SMILES string of the molecule is Cc1ccc(NC(=O)CS(=O)(=O)c2ccc(Cl)cc2)c(OCc2ccccc2)c1. The van der Waals surface area contributed by atoms with Gasteiger partial charge in [0, 0.05) is 5.02 Å². The molecule has 0 aliphatic carbocycles. The van der Waals surface area contributed by atoms with Crippen molar-refractivity contribution in [2.24, 2.45) is 0 Å². The monoisotopic (exact) mass is 429 g/mol. The van der Waals surface area contributed by atoms with E-state index in [1.807, 2.05) is 43.3 Å². The minimum Gasteiger partial charge on any atom is -0.487 e. The number of sulfone groups is 1. The topological polar surface area (TPSA) is 72.5 Å². The molecule has 0 aliphatic rings. The summed E-state index contributed by atoms with van der Waals surface area (Å²) in [5.74, 6) is -0.847. The maximum Gasteiger partial charge on any atom is 0.240 e. The summed E-state index contributed by atoms with van der Waals surface area (Å²) in [4.78, 5) is 12.5. The van der Waals surface area contributed by atoms with Crippen LogP contribution < -0.4 is 10.1 Å². The van der Waals surface area contributed by atoms with Gasteiger partial charge in [0.05, 0.1) is 10.6 Å². The molecule has 5 nitrogen and oxygen atoms in total. The lowest BCUT2D eigenvalue weighted by atomic mass is 10.2. The second kappa shape index (κ2) is 9.11. The molecular formula is C22H20ClNO4S. The Hall–Kier alpha value is -2.83. The van der Waals surface area contributed by atoms with Crippen LogP contribution in [0.3, 0.4) is 0 Å². The Kier molecular flexibility index (Phi) is 6.56. The molecule has 7 heteroatoms. The zero-order valence-electron chi connectivity index (χ0n) is 15.8. The summed E-state index contributed by atoms with van der Waals surface area (Å²) in [6, 6.07) is 20.6. The number of rotatable bonds is 7. The molecule has 1 amide bonds. The fraction of sp³-hybridized carbons (Fsp3) is 0.136. The maximum absolute atomic E-state index is 12.5. The van der Waals surface area contributed by atoms with Crippen molar-refractivity contribution in [1.29, 1.82) is 0 Å². The Bertz CT molecular complexity index is 1100. The van der Waals surface area contributed by atoms with Crippen LogP contribution in [0.1, 0.15) is 11.1 Å². The van der Waals surface area contributed by atoms with Crippen LogP contribution in [0.2, 0.25) is 5.02 Å². The van der Waals surface area contributed by atoms with Crippen molar-refractivity contribution in [3.63, 3.8) is 0 Å². The minimum atomic E-state index is -3.78. The first-order chi connectivity index (χ1) is 13.8. The fourth-order valence-electron chi connectivity index (χ4n) is 2.67.